The van der Waals surface area contributed by atoms with Crippen LogP contribution < -0.4 is 0 Å². The minimum Gasteiger partial charge on any atom is -0.462 e. The maximum Gasteiger partial charge on any atom is 0.306 e. The highest BCUT2D eigenvalue weighted by Gasteiger charge is 2.16. The summed E-state index contributed by atoms with van der Waals surface area (Å²) >= 11 is 0. The van der Waals surface area contributed by atoms with Crippen molar-refractivity contribution in [1.82, 2.24) is 0 Å². The Morgan fingerprint density at radius 1 is 0.545 bits per heavy atom. The van der Waals surface area contributed by atoms with Crippen molar-refractivity contribution >= 4 is 11.9 Å². The number of ether oxygens (including phenoxy) is 2. The Kier molecular flexibility index (Phi) is 32.7. The van der Waals surface area contributed by atoms with E-state index in [0.717, 1.165) is 83.5 Å². The Bertz CT molecular complexity index is 833. The van der Waals surface area contributed by atoms with Crippen LogP contribution in [0.5, 0.6) is 0 Å². The standard InChI is InChI=1S/C39H64O5/c1-3-5-7-9-10-11-12-13-14-15-16-17-18-19-20-21-22-23-24-25-26-27-28-30-32-34-39(42)44-37(35-40)36-43-38(41)33-31-29-8-6-4-2/h5,7,10-11,13-14,16-17,19-20,22-23,37,40H,3-4,6,8-9,12,15,18,21,24-36H2,1-2H3/b7-5-,11-10-,14-13-,17-16-,20-19-,23-22-. The van der Waals surface area contributed by atoms with Gasteiger partial charge in [-0.2, -0.15) is 0 Å². The Balaban J connectivity index is 3.62. The smallest absolute Gasteiger partial charge is 0.306 e. The van der Waals surface area contributed by atoms with Crippen LogP contribution in [0.25, 0.3) is 0 Å². The molecule has 1 N–H and O–H groups in total. The van der Waals surface area contributed by atoms with Crippen molar-refractivity contribution in [3.05, 3.63) is 72.9 Å². The van der Waals surface area contributed by atoms with Gasteiger partial charge in [0.15, 0.2) is 6.10 Å². The third-order valence-electron chi connectivity index (χ3n) is 7.01. The average Bonchev–Trinajstić information content (AvgIpc) is 3.02. The molecule has 0 bridgehead atoms. The highest BCUT2D eigenvalue weighted by Crippen LogP contribution is 2.11. The molecule has 0 aliphatic carbocycles. The SMILES string of the molecule is CC/C=C\C/C=C\C/C=C\C/C=C\C/C=C\C/C=C\CCCCCCCCC(=O)OC(CO)COC(=O)CCCCCCC. The van der Waals surface area contributed by atoms with Crippen LogP contribution >= 0.6 is 0 Å². The lowest BCUT2D eigenvalue weighted by Crippen LogP contribution is -2.28. The summed E-state index contributed by atoms with van der Waals surface area (Å²) in [6.07, 6.45) is 45.6. The van der Waals surface area contributed by atoms with Gasteiger partial charge in [-0.15, -0.1) is 0 Å². The van der Waals surface area contributed by atoms with Gasteiger partial charge in [0, 0.05) is 12.8 Å². The number of rotatable bonds is 30. The quantitative estimate of drug-likeness (QED) is 0.0496. The van der Waals surface area contributed by atoms with Crippen molar-refractivity contribution in [2.75, 3.05) is 13.2 Å². The normalized spacial score (nSPS) is 13.1. The summed E-state index contributed by atoms with van der Waals surface area (Å²) in [4.78, 5) is 23.9. The van der Waals surface area contributed by atoms with Crippen LogP contribution in [0, 0.1) is 0 Å². The number of aliphatic hydroxyl groups is 1. The highest BCUT2D eigenvalue weighted by atomic mass is 16.6. The maximum absolute atomic E-state index is 12.1. The number of hydrogen-bond donors (Lipinski definition) is 1. The third-order valence-corrected chi connectivity index (χ3v) is 7.01. The molecule has 5 heteroatoms. The predicted octanol–water partition coefficient (Wildman–Crippen LogP) is 10.6. The lowest BCUT2D eigenvalue weighted by molar-refractivity contribution is -0.161. The lowest BCUT2D eigenvalue weighted by Gasteiger charge is -2.15. The fourth-order valence-corrected chi connectivity index (χ4v) is 4.38. The Morgan fingerprint density at radius 3 is 1.48 bits per heavy atom. The number of allylic oxidation sites excluding steroid dienone is 12. The molecule has 0 radical (unpaired) electrons. The van der Waals surface area contributed by atoms with Gasteiger partial charge in [-0.1, -0.05) is 138 Å². The van der Waals surface area contributed by atoms with E-state index in [4.69, 9.17) is 9.47 Å². The zero-order chi connectivity index (χ0) is 32.2. The minimum absolute atomic E-state index is 0.0766. The van der Waals surface area contributed by atoms with Crippen LogP contribution in [-0.4, -0.2) is 36.4 Å². The van der Waals surface area contributed by atoms with Crippen LogP contribution in [0.1, 0.15) is 142 Å². The van der Waals surface area contributed by atoms with E-state index in [1.807, 2.05) is 0 Å². The van der Waals surface area contributed by atoms with Crippen LogP contribution in [0.2, 0.25) is 0 Å². The maximum atomic E-state index is 12.1. The van der Waals surface area contributed by atoms with E-state index in [-0.39, 0.29) is 25.2 Å². The second kappa shape index (κ2) is 34.8. The van der Waals surface area contributed by atoms with Gasteiger partial charge < -0.3 is 14.6 Å². The summed E-state index contributed by atoms with van der Waals surface area (Å²) in [6.45, 7) is 3.89. The Hall–Kier alpha value is -2.66. The van der Waals surface area contributed by atoms with Crippen molar-refractivity contribution in [2.45, 2.75) is 148 Å². The van der Waals surface area contributed by atoms with Crippen molar-refractivity contribution in [3.63, 3.8) is 0 Å². The fourth-order valence-electron chi connectivity index (χ4n) is 4.38. The second-order valence-electron chi connectivity index (χ2n) is 11.2. The van der Waals surface area contributed by atoms with Crippen molar-refractivity contribution in [1.29, 1.82) is 0 Å². The zero-order valence-corrected chi connectivity index (χ0v) is 28.1. The van der Waals surface area contributed by atoms with Crippen molar-refractivity contribution in [3.8, 4) is 0 Å². The number of carbonyl (C=O) groups excluding carboxylic acids is 2. The molecule has 0 aromatic heterocycles. The molecule has 0 heterocycles. The third kappa shape index (κ3) is 32.3. The first-order valence-corrected chi connectivity index (χ1v) is 17.5. The molecule has 0 aliphatic rings. The second-order valence-corrected chi connectivity index (χ2v) is 11.2. The molecule has 5 nitrogen and oxygen atoms in total. The number of aliphatic hydroxyl groups excluding tert-OH is 1. The number of unbranched alkanes of at least 4 members (excludes halogenated alkanes) is 10. The molecule has 0 aliphatic heterocycles. The Morgan fingerprint density at radius 2 is 0.977 bits per heavy atom. The minimum atomic E-state index is -0.777. The van der Waals surface area contributed by atoms with Crippen LogP contribution in [0.3, 0.4) is 0 Å². The molecule has 1 atom stereocenters. The first kappa shape index (κ1) is 41.3. The van der Waals surface area contributed by atoms with E-state index >= 15 is 0 Å². The average molecular weight is 613 g/mol. The topological polar surface area (TPSA) is 72.8 Å². The molecular weight excluding hydrogens is 548 g/mol. The molecule has 0 saturated heterocycles. The summed E-state index contributed by atoms with van der Waals surface area (Å²) < 4.78 is 10.4. The van der Waals surface area contributed by atoms with E-state index in [9.17, 15) is 14.7 Å². The molecule has 0 aromatic rings. The molecule has 0 rings (SSSR count). The lowest BCUT2D eigenvalue weighted by atomic mass is 10.1. The number of hydrogen-bond acceptors (Lipinski definition) is 5. The van der Waals surface area contributed by atoms with E-state index < -0.39 is 6.10 Å². The molecule has 44 heavy (non-hydrogen) atoms. The first-order valence-electron chi connectivity index (χ1n) is 17.5. The molecule has 0 fully saturated rings. The van der Waals surface area contributed by atoms with Gasteiger partial charge in [0.2, 0.25) is 0 Å². The van der Waals surface area contributed by atoms with Gasteiger partial charge in [0.05, 0.1) is 6.61 Å². The van der Waals surface area contributed by atoms with Crippen LogP contribution in [-0.2, 0) is 19.1 Å². The first-order chi connectivity index (χ1) is 21.6. The van der Waals surface area contributed by atoms with Crippen LogP contribution in [0.15, 0.2) is 72.9 Å². The highest BCUT2D eigenvalue weighted by molar-refractivity contribution is 5.70. The summed E-state index contributed by atoms with van der Waals surface area (Å²) in [5.74, 6) is -0.630. The van der Waals surface area contributed by atoms with Crippen molar-refractivity contribution in [2.24, 2.45) is 0 Å². The Labute approximate surface area is 270 Å². The summed E-state index contributed by atoms with van der Waals surface area (Å²) in [7, 11) is 0. The predicted molar refractivity (Wildman–Crippen MR) is 186 cm³/mol. The van der Waals surface area contributed by atoms with Gasteiger partial charge >= 0.3 is 11.9 Å². The van der Waals surface area contributed by atoms with Gasteiger partial charge in [-0.3, -0.25) is 9.59 Å². The van der Waals surface area contributed by atoms with E-state index in [2.05, 4.69) is 86.8 Å². The van der Waals surface area contributed by atoms with Gasteiger partial charge in [-0.25, -0.2) is 0 Å². The van der Waals surface area contributed by atoms with E-state index in [1.165, 1.54) is 32.1 Å². The number of carbonyl (C=O) groups is 2. The molecule has 0 aromatic carbocycles. The molecule has 1 unspecified atom stereocenters. The van der Waals surface area contributed by atoms with Crippen molar-refractivity contribution < 1.29 is 24.2 Å². The van der Waals surface area contributed by atoms with Crippen LogP contribution in [0.4, 0.5) is 0 Å². The van der Waals surface area contributed by atoms with Gasteiger partial charge in [0.25, 0.3) is 0 Å². The largest absolute Gasteiger partial charge is 0.462 e. The monoisotopic (exact) mass is 612 g/mol. The zero-order valence-electron chi connectivity index (χ0n) is 28.1. The fraction of sp³-hybridized carbons (Fsp3) is 0.641. The molecule has 0 saturated carbocycles. The van der Waals surface area contributed by atoms with Gasteiger partial charge in [0.1, 0.15) is 6.61 Å². The summed E-state index contributed by atoms with van der Waals surface area (Å²) in [5.41, 5.74) is 0. The summed E-state index contributed by atoms with van der Waals surface area (Å²) in [5, 5.41) is 9.44. The van der Waals surface area contributed by atoms with Gasteiger partial charge in [-0.05, 0) is 64.2 Å². The molecule has 250 valence electrons. The summed E-state index contributed by atoms with van der Waals surface area (Å²) in [6, 6.07) is 0. The molecule has 0 amide bonds. The van der Waals surface area contributed by atoms with E-state index in [1.54, 1.807) is 0 Å². The molecule has 0 spiro atoms. The van der Waals surface area contributed by atoms with E-state index in [0.29, 0.717) is 12.8 Å². The number of esters is 2. The molecular formula is C39H64O5.